The Morgan fingerprint density at radius 1 is 1.33 bits per heavy atom. The summed E-state index contributed by atoms with van der Waals surface area (Å²) < 4.78 is 0.647. The molecule has 1 aromatic carbocycles. The van der Waals surface area contributed by atoms with E-state index in [2.05, 4.69) is 0 Å². The van der Waals surface area contributed by atoms with Gasteiger partial charge in [0.15, 0.2) is 6.20 Å². The summed E-state index contributed by atoms with van der Waals surface area (Å²) in [4.78, 5) is 25.0. The van der Waals surface area contributed by atoms with Gasteiger partial charge in [0.1, 0.15) is 11.6 Å². The van der Waals surface area contributed by atoms with Crippen LogP contribution in [0.4, 0.5) is 0 Å². The number of aliphatic carboxylic acids is 1. The number of nitrogens with zero attached hydrogens (tertiary/aromatic N) is 2. The van der Waals surface area contributed by atoms with Crippen LogP contribution in [0.15, 0.2) is 36.5 Å². The third-order valence-corrected chi connectivity index (χ3v) is 3.79. The van der Waals surface area contributed by atoms with Crippen LogP contribution in [0.5, 0.6) is 0 Å². The summed E-state index contributed by atoms with van der Waals surface area (Å²) in [6.07, 6.45) is 2.32. The average Bonchev–Trinajstić information content (AvgIpc) is 2.96. The average molecular weight is 286 g/mol. The predicted octanol–water partition coefficient (Wildman–Crippen LogP) is 1.16. The Hall–Kier alpha value is -2.63. The zero-order valence-corrected chi connectivity index (χ0v) is 11.2. The molecule has 1 atom stereocenters. The Bertz CT molecular complexity index is 729. The van der Waals surface area contributed by atoms with E-state index in [1.165, 1.54) is 11.1 Å². The molecule has 1 fully saturated rings. The van der Waals surface area contributed by atoms with Crippen molar-refractivity contribution in [3.8, 4) is 0 Å². The van der Waals surface area contributed by atoms with Gasteiger partial charge in [0.25, 0.3) is 5.91 Å². The maximum absolute atomic E-state index is 12.5. The Morgan fingerprint density at radius 2 is 2.10 bits per heavy atom. The number of likely N-dealkylation sites (tertiary alicyclic amines) is 1. The lowest BCUT2D eigenvalue weighted by Gasteiger charge is -2.21. The SMILES string of the molecule is O=C(O)[C@@H]1CCCN1C(=O)c1cc2ccccc2[n+]([O-])c1. The van der Waals surface area contributed by atoms with Crippen molar-refractivity contribution >= 4 is 22.8 Å². The van der Waals surface area contributed by atoms with Crippen molar-refractivity contribution in [1.29, 1.82) is 0 Å². The fourth-order valence-corrected chi connectivity index (χ4v) is 2.76. The number of carboxylic acids is 1. The topological polar surface area (TPSA) is 84.5 Å². The molecule has 1 aromatic heterocycles. The quantitative estimate of drug-likeness (QED) is 0.663. The van der Waals surface area contributed by atoms with E-state index in [9.17, 15) is 14.8 Å². The van der Waals surface area contributed by atoms with Gasteiger partial charge in [-0.3, -0.25) is 4.79 Å². The fraction of sp³-hybridized carbons (Fsp3) is 0.267. The summed E-state index contributed by atoms with van der Waals surface area (Å²) in [7, 11) is 0. The van der Waals surface area contributed by atoms with Gasteiger partial charge in [0.2, 0.25) is 5.52 Å². The molecule has 6 heteroatoms. The lowest BCUT2D eigenvalue weighted by atomic mass is 10.1. The largest absolute Gasteiger partial charge is 0.618 e. The van der Waals surface area contributed by atoms with E-state index in [1.54, 1.807) is 30.3 Å². The summed E-state index contributed by atoms with van der Waals surface area (Å²) in [6.45, 7) is 0.404. The van der Waals surface area contributed by atoms with Gasteiger partial charge in [0, 0.05) is 18.0 Å². The first-order valence-electron chi connectivity index (χ1n) is 6.73. The molecule has 1 N–H and O–H groups in total. The van der Waals surface area contributed by atoms with E-state index in [0.717, 1.165) is 0 Å². The van der Waals surface area contributed by atoms with E-state index in [4.69, 9.17) is 5.11 Å². The molecular formula is C15H14N2O4. The molecule has 108 valence electrons. The van der Waals surface area contributed by atoms with Crippen LogP contribution in [0.3, 0.4) is 0 Å². The highest BCUT2D eigenvalue weighted by Gasteiger charge is 2.35. The highest BCUT2D eigenvalue weighted by Crippen LogP contribution is 2.21. The monoisotopic (exact) mass is 286 g/mol. The number of pyridine rings is 1. The molecule has 0 saturated carbocycles. The number of para-hydroxylation sites is 1. The molecule has 0 aliphatic carbocycles. The van der Waals surface area contributed by atoms with Crippen LogP contribution in [-0.2, 0) is 4.79 Å². The molecule has 2 aromatic rings. The van der Waals surface area contributed by atoms with Crippen LogP contribution in [-0.4, -0.2) is 34.5 Å². The number of carbonyl (C=O) groups excluding carboxylic acids is 1. The third-order valence-electron chi connectivity index (χ3n) is 3.79. The summed E-state index contributed by atoms with van der Waals surface area (Å²) in [6, 6.07) is 7.78. The van der Waals surface area contributed by atoms with Gasteiger partial charge >= 0.3 is 5.97 Å². The second-order valence-corrected chi connectivity index (χ2v) is 5.11. The van der Waals surface area contributed by atoms with Gasteiger partial charge in [-0.05, 0) is 25.0 Å². The van der Waals surface area contributed by atoms with E-state index in [0.29, 0.717) is 35.0 Å². The minimum atomic E-state index is -1.00. The van der Waals surface area contributed by atoms with Crippen LogP contribution in [0.2, 0.25) is 0 Å². The molecule has 1 aliphatic heterocycles. The highest BCUT2D eigenvalue weighted by atomic mass is 16.5. The standard InChI is InChI=1S/C15H14N2O4/c18-14(16-7-3-6-13(16)15(19)20)11-8-10-4-1-2-5-12(10)17(21)9-11/h1-2,4-5,8-9,13H,3,6-7H2,(H,19,20)/t13-/m0/s1. The number of amides is 1. The van der Waals surface area contributed by atoms with Gasteiger partial charge in [0.05, 0.1) is 0 Å². The minimum absolute atomic E-state index is 0.219. The van der Waals surface area contributed by atoms with Crippen LogP contribution in [0, 0.1) is 5.21 Å². The van der Waals surface area contributed by atoms with E-state index in [1.807, 2.05) is 0 Å². The zero-order chi connectivity index (χ0) is 15.0. The molecule has 21 heavy (non-hydrogen) atoms. The second-order valence-electron chi connectivity index (χ2n) is 5.11. The van der Waals surface area contributed by atoms with Gasteiger partial charge in [-0.15, -0.1) is 0 Å². The van der Waals surface area contributed by atoms with Crippen molar-refractivity contribution in [2.75, 3.05) is 6.54 Å². The van der Waals surface area contributed by atoms with Gasteiger partial charge in [-0.2, -0.15) is 4.73 Å². The smallest absolute Gasteiger partial charge is 0.326 e. The number of carbonyl (C=O) groups is 2. The Morgan fingerprint density at radius 3 is 2.86 bits per heavy atom. The van der Waals surface area contributed by atoms with Crippen molar-refractivity contribution in [2.45, 2.75) is 18.9 Å². The Balaban J connectivity index is 2.00. The molecular weight excluding hydrogens is 272 g/mol. The second kappa shape index (κ2) is 5.05. The number of fused-ring (bicyclic) bond motifs is 1. The zero-order valence-electron chi connectivity index (χ0n) is 11.2. The molecule has 1 saturated heterocycles. The number of aromatic nitrogens is 1. The van der Waals surface area contributed by atoms with Gasteiger partial charge in [-0.25, -0.2) is 4.79 Å². The van der Waals surface area contributed by atoms with Crippen LogP contribution < -0.4 is 4.73 Å². The van der Waals surface area contributed by atoms with E-state index >= 15 is 0 Å². The van der Waals surface area contributed by atoms with E-state index < -0.39 is 17.9 Å². The van der Waals surface area contributed by atoms with Crippen LogP contribution in [0.1, 0.15) is 23.2 Å². The Labute approximate surface area is 120 Å². The number of rotatable bonds is 2. The third kappa shape index (κ3) is 2.29. The van der Waals surface area contributed by atoms with Crippen LogP contribution >= 0.6 is 0 Å². The maximum atomic E-state index is 12.5. The van der Waals surface area contributed by atoms with Crippen molar-refractivity contribution in [2.24, 2.45) is 0 Å². The molecule has 1 aliphatic rings. The highest BCUT2D eigenvalue weighted by molar-refractivity contribution is 5.98. The fourth-order valence-electron chi connectivity index (χ4n) is 2.76. The summed E-state index contributed by atoms with van der Waals surface area (Å²) >= 11 is 0. The first-order chi connectivity index (χ1) is 10.1. The molecule has 6 nitrogen and oxygen atoms in total. The van der Waals surface area contributed by atoms with Crippen LogP contribution in [0.25, 0.3) is 10.9 Å². The normalized spacial score (nSPS) is 18.1. The van der Waals surface area contributed by atoms with Crippen molar-refractivity contribution in [3.63, 3.8) is 0 Å². The number of benzene rings is 1. The molecule has 3 rings (SSSR count). The number of hydrogen-bond donors (Lipinski definition) is 1. The van der Waals surface area contributed by atoms with Crippen molar-refractivity contribution in [3.05, 3.63) is 47.3 Å². The van der Waals surface area contributed by atoms with Gasteiger partial charge in [-0.1, -0.05) is 12.1 Å². The number of hydrogen-bond acceptors (Lipinski definition) is 3. The minimum Gasteiger partial charge on any atom is -0.618 e. The molecule has 1 amide bonds. The molecule has 2 heterocycles. The summed E-state index contributed by atoms with van der Waals surface area (Å²) in [5.41, 5.74) is 0.696. The molecule has 0 bridgehead atoms. The van der Waals surface area contributed by atoms with E-state index in [-0.39, 0.29) is 5.56 Å². The predicted molar refractivity (Wildman–Crippen MR) is 74.6 cm³/mol. The van der Waals surface area contributed by atoms with Crippen molar-refractivity contribution < 1.29 is 19.4 Å². The molecule has 0 spiro atoms. The lowest BCUT2D eigenvalue weighted by molar-refractivity contribution is -0.577. The lowest BCUT2D eigenvalue weighted by Crippen LogP contribution is -2.41. The first kappa shape index (κ1) is 13.4. The van der Waals surface area contributed by atoms with Gasteiger partial charge < -0.3 is 15.2 Å². The first-order valence-corrected chi connectivity index (χ1v) is 6.73. The number of carboxylic acid groups (broad SMARTS) is 1. The van der Waals surface area contributed by atoms with Crippen molar-refractivity contribution in [1.82, 2.24) is 4.90 Å². The molecule has 0 unspecified atom stereocenters. The maximum Gasteiger partial charge on any atom is 0.326 e. The summed E-state index contributed by atoms with van der Waals surface area (Å²) in [5, 5.41) is 21.8. The summed E-state index contributed by atoms with van der Waals surface area (Å²) in [5.74, 6) is -1.41. The Kier molecular flexibility index (Phi) is 3.21. The molecule has 0 radical (unpaired) electrons.